The molecule has 1 aliphatic carbocycles. The van der Waals surface area contributed by atoms with E-state index < -0.39 is 4.92 Å². The SMILES string of the molecule is Cc1ccc([N+](=O)[O-])cc1NC(=O)CSc1ccc(N2C(=O)[C@H]3CC=CC[C@@H]3C2=O)cc1. The zero-order valence-electron chi connectivity index (χ0n) is 17.3. The minimum atomic E-state index is -0.507. The molecule has 2 aliphatic rings. The van der Waals surface area contributed by atoms with Crippen LogP contribution in [0.3, 0.4) is 0 Å². The van der Waals surface area contributed by atoms with E-state index in [0.29, 0.717) is 24.2 Å². The third-order valence-electron chi connectivity index (χ3n) is 5.68. The standard InChI is InChI=1S/C23H21N3O5S/c1-14-6-7-16(26(30)31)12-20(14)24-21(27)13-32-17-10-8-15(9-11-17)25-22(28)18-4-2-3-5-19(18)23(25)29/h2-3,6-12,18-19H,4-5,13H2,1H3,(H,24,27)/t18-,19-/m0/s1. The van der Waals surface area contributed by atoms with Gasteiger partial charge in [-0.2, -0.15) is 0 Å². The molecule has 2 aromatic carbocycles. The molecule has 1 heterocycles. The van der Waals surface area contributed by atoms with Crippen LogP contribution in [-0.2, 0) is 14.4 Å². The Balaban J connectivity index is 1.37. The Hall–Kier alpha value is -3.46. The first-order valence-electron chi connectivity index (χ1n) is 10.2. The number of aryl methyl sites for hydroxylation is 1. The number of nitro benzene ring substituents is 1. The van der Waals surface area contributed by atoms with E-state index in [4.69, 9.17) is 0 Å². The van der Waals surface area contributed by atoms with Gasteiger partial charge < -0.3 is 5.32 Å². The highest BCUT2D eigenvalue weighted by Gasteiger charge is 2.47. The average Bonchev–Trinajstić information content (AvgIpc) is 3.04. The molecule has 0 aromatic heterocycles. The minimum absolute atomic E-state index is 0.0872. The Bertz CT molecular complexity index is 1100. The van der Waals surface area contributed by atoms with Crippen LogP contribution in [-0.4, -0.2) is 28.4 Å². The Kier molecular flexibility index (Phi) is 6.09. The van der Waals surface area contributed by atoms with Crippen LogP contribution in [0.5, 0.6) is 0 Å². The number of nitrogens with one attached hydrogen (secondary N) is 1. The maximum atomic E-state index is 12.7. The van der Waals surface area contributed by atoms with E-state index in [2.05, 4.69) is 5.32 Å². The summed E-state index contributed by atoms with van der Waals surface area (Å²) in [5.41, 5.74) is 1.59. The van der Waals surface area contributed by atoms with Crippen LogP contribution in [0.15, 0.2) is 59.5 Å². The summed E-state index contributed by atoms with van der Waals surface area (Å²) in [6, 6.07) is 11.3. The van der Waals surface area contributed by atoms with Crippen molar-refractivity contribution in [3.63, 3.8) is 0 Å². The first kappa shape index (κ1) is 21.8. The Labute approximate surface area is 188 Å². The lowest BCUT2D eigenvalue weighted by atomic mass is 9.85. The van der Waals surface area contributed by atoms with E-state index in [1.54, 1.807) is 37.3 Å². The van der Waals surface area contributed by atoms with Crippen molar-refractivity contribution in [2.45, 2.75) is 24.7 Å². The number of rotatable bonds is 6. The summed E-state index contributed by atoms with van der Waals surface area (Å²) >= 11 is 1.29. The smallest absolute Gasteiger partial charge is 0.271 e. The quantitative estimate of drug-likeness (QED) is 0.233. The number of benzene rings is 2. The van der Waals surface area contributed by atoms with Crippen LogP contribution < -0.4 is 10.2 Å². The number of thioether (sulfide) groups is 1. The summed E-state index contributed by atoms with van der Waals surface area (Å²) in [5.74, 6) is -1.04. The second-order valence-corrected chi connectivity index (χ2v) is 8.80. The number of anilines is 2. The molecule has 1 fully saturated rings. The molecule has 0 radical (unpaired) electrons. The van der Waals surface area contributed by atoms with Crippen molar-refractivity contribution >= 4 is 46.5 Å². The molecule has 9 heteroatoms. The van der Waals surface area contributed by atoms with Gasteiger partial charge in [0.1, 0.15) is 0 Å². The van der Waals surface area contributed by atoms with Gasteiger partial charge in [0.25, 0.3) is 5.69 Å². The number of allylic oxidation sites excluding steroid dienone is 2. The molecule has 4 rings (SSSR count). The number of hydrogen-bond acceptors (Lipinski definition) is 6. The summed E-state index contributed by atoms with van der Waals surface area (Å²) in [6.45, 7) is 1.76. The van der Waals surface area contributed by atoms with Gasteiger partial charge in [-0.25, -0.2) is 0 Å². The fourth-order valence-corrected chi connectivity index (χ4v) is 4.64. The molecule has 164 valence electrons. The molecular weight excluding hydrogens is 430 g/mol. The van der Waals surface area contributed by atoms with Crippen molar-refractivity contribution in [1.82, 2.24) is 0 Å². The minimum Gasteiger partial charge on any atom is -0.325 e. The normalized spacial score (nSPS) is 19.7. The van der Waals surface area contributed by atoms with E-state index in [9.17, 15) is 24.5 Å². The lowest BCUT2D eigenvalue weighted by molar-refractivity contribution is -0.384. The molecule has 0 unspecified atom stereocenters. The van der Waals surface area contributed by atoms with Crippen LogP contribution in [0.2, 0.25) is 0 Å². The Morgan fingerprint density at radius 3 is 2.31 bits per heavy atom. The van der Waals surface area contributed by atoms with Crippen LogP contribution in [0.4, 0.5) is 17.1 Å². The van der Waals surface area contributed by atoms with Crippen LogP contribution in [0.25, 0.3) is 0 Å². The molecule has 2 aromatic rings. The highest BCUT2D eigenvalue weighted by Crippen LogP contribution is 2.38. The molecule has 32 heavy (non-hydrogen) atoms. The third-order valence-corrected chi connectivity index (χ3v) is 6.69. The van der Waals surface area contributed by atoms with Crippen LogP contribution >= 0.6 is 11.8 Å². The summed E-state index contributed by atoms with van der Waals surface area (Å²) in [6.07, 6.45) is 5.10. The predicted molar refractivity (Wildman–Crippen MR) is 121 cm³/mol. The summed E-state index contributed by atoms with van der Waals surface area (Å²) in [5, 5.41) is 13.6. The molecule has 1 N–H and O–H groups in total. The van der Waals surface area contributed by atoms with Gasteiger partial charge in [-0.3, -0.25) is 29.4 Å². The first-order chi connectivity index (χ1) is 15.3. The van der Waals surface area contributed by atoms with Crippen LogP contribution in [0, 0.1) is 28.9 Å². The molecule has 2 atom stereocenters. The third kappa shape index (κ3) is 4.29. The van der Waals surface area contributed by atoms with Gasteiger partial charge in [0.15, 0.2) is 0 Å². The number of carbonyl (C=O) groups excluding carboxylic acids is 3. The van der Waals surface area contributed by atoms with Gasteiger partial charge in [-0.05, 0) is 49.6 Å². The van der Waals surface area contributed by atoms with E-state index >= 15 is 0 Å². The molecule has 3 amide bonds. The van der Waals surface area contributed by atoms with Crippen molar-refractivity contribution in [2.24, 2.45) is 11.8 Å². The number of nitro groups is 1. The summed E-state index contributed by atoms with van der Waals surface area (Å²) in [4.78, 5) is 50.2. The van der Waals surface area contributed by atoms with Gasteiger partial charge in [-0.1, -0.05) is 18.2 Å². The number of nitrogens with zero attached hydrogens (tertiary/aromatic N) is 2. The van der Waals surface area contributed by atoms with Gasteiger partial charge in [0.05, 0.1) is 33.9 Å². The molecule has 8 nitrogen and oxygen atoms in total. The zero-order chi connectivity index (χ0) is 22.8. The number of amides is 3. The fraction of sp³-hybridized carbons (Fsp3) is 0.261. The molecule has 1 aliphatic heterocycles. The van der Waals surface area contributed by atoms with Crippen molar-refractivity contribution in [3.8, 4) is 0 Å². The van der Waals surface area contributed by atoms with E-state index in [1.165, 1.54) is 28.8 Å². The summed E-state index contributed by atoms with van der Waals surface area (Å²) < 4.78 is 0. The molecule has 0 spiro atoms. The topological polar surface area (TPSA) is 110 Å². The van der Waals surface area contributed by atoms with E-state index in [0.717, 1.165) is 10.5 Å². The largest absolute Gasteiger partial charge is 0.325 e. The lowest BCUT2D eigenvalue weighted by Crippen LogP contribution is -2.30. The molecule has 0 saturated carbocycles. The zero-order valence-corrected chi connectivity index (χ0v) is 18.1. The molecule has 0 bridgehead atoms. The predicted octanol–water partition coefficient (Wildman–Crippen LogP) is 4.09. The number of non-ortho nitro benzene ring substituents is 1. The number of hydrogen-bond donors (Lipinski definition) is 1. The fourth-order valence-electron chi connectivity index (χ4n) is 3.94. The van der Waals surface area contributed by atoms with Crippen molar-refractivity contribution < 1.29 is 19.3 Å². The second-order valence-electron chi connectivity index (χ2n) is 7.75. The maximum Gasteiger partial charge on any atom is 0.271 e. The van der Waals surface area contributed by atoms with Crippen molar-refractivity contribution in [1.29, 1.82) is 0 Å². The van der Waals surface area contributed by atoms with Gasteiger partial charge in [-0.15, -0.1) is 11.8 Å². The van der Waals surface area contributed by atoms with E-state index in [1.807, 2.05) is 12.2 Å². The summed E-state index contributed by atoms with van der Waals surface area (Å²) in [7, 11) is 0. The molecular formula is C23H21N3O5S. The monoisotopic (exact) mass is 451 g/mol. The van der Waals surface area contributed by atoms with Gasteiger partial charge in [0, 0.05) is 17.0 Å². The van der Waals surface area contributed by atoms with Gasteiger partial charge in [0.2, 0.25) is 17.7 Å². The number of imide groups is 1. The highest BCUT2D eigenvalue weighted by molar-refractivity contribution is 8.00. The maximum absolute atomic E-state index is 12.7. The van der Waals surface area contributed by atoms with Crippen molar-refractivity contribution in [3.05, 3.63) is 70.3 Å². The number of carbonyl (C=O) groups is 3. The van der Waals surface area contributed by atoms with Gasteiger partial charge >= 0.3 is 0 Å². The average molecular weight is 452 g/mol. The highest BCUT2D eigenvalue weighted by atomic mass is 32.2. The van der Waals surface area contributed by atoms with Crippen molar-refractivity contribution in [2.75, 3.05) is 16.0 Å². The first-order valence-corrected chi connectivity index (χ1v) is 11.1. The number of fused-ring (bicyclic) bond motifs is 1. The molecule has 1 saturated heterocycles. The Morgan fingerprint density at radius 1 is 1.09 bits per heavy atom. The second kappa shape index (κ2) is 8.96. The lowest BCUT2D eigenvalue weighted by Gasteiger charge is -2.15. The Morgan fingerprint density at radius 2 is 1.72 bits per heavy atom. The van der Waals surface area contributed by atoms with Crippen LogP contribution in [0.1, 0.15) is 18.4 Å². The van der Waals surface area contributed by atoms with E-state index in [-0.39, 0.29) is 41.0 Å².